The van der Waals surface area contributed by atoms with Gasteiger partial charge in [-0.2, -0.15) is 0 Å². The zero-order valence-corrected chi connectivity index (χ0v) is 17.3. The fourth-order valence-electron chi connectivity index (χ4n) is 3.34. The van der Waals surface area contributed by atoms with E-state index in [2.05, 4.69) is 10.1 Å². The summed E-state index contributed by atoms with van der Waals surface area (Å²) in [6.07, 6.45) is 1.49. The number of nitrogens with one attached hydrogen (secondary N) is 1. The standard InChI is InChI=1S/C20H20N4O7/c1-11-7-13(8-15-19(26)22(20(27)21-15)10-18(25)31-4)12(2)23(11)16-9-14(24(28)29)5-6-17(16)30-3/h5-9H,10H2,1-4H3,(H,21,27)/b15-8+. The molecule has 1 aliphatic heterocycles. The van der Waals surface area contributed by atoms with Gasteiger partial charge >= 0.3 is 12.0 Å². The minimum Gasteiger partial charge on any atom is -0.495 e. The Labute approximate surface area is 177 Å². The summed E-state index contributed by atoms with van der Waals surface area (Å²) in [5.74, 6) is -0.949. The van der Waals surface area contributed by atoms with Gasteiger partial charge in [0.15, 0.2) is 0 Å². The summed E-state index contributed by atoms with van der Waals surface area (Å²) in [6, 6.07) is 5.30. The van der Waals surface area contributed by atoms with Gasteiger partial charge in [-0.05, 0) is 37.6 Å². The van der Waals surface area contributed by atoms with E-state index < -0.39 is 29.4 Å². The lowest BCUT2D eigenvalue weighted by molar-refractivity contribution is -0.384. The van der Waals surface area contributed by atoms with Crippen molar-refractivity contribution >= 4 is 29.7 Å². The number of carbonyl (C=O) groups excluding carboxylic acids is 3. The van der Waals surface area contributed by atoms with Crippen molar-refractivity contribution in [2.75, 3.05) is 20.8 Å². The van der Waals surface area contributed by atoms with Gasteiger partial charge in [-0.15, -0.1) is 0 Å². The second-order valence-corrected chi connectivity index (χ2v) is 6.73. The number of methoxy groups -OCH3 is 2. The van der Waals surface area contributed by atoms with Crippen LogP contribution in [0.5, 0.6) is 5.75 Å². The lowest BCUT2D eigenvalue weighted by Gasteiger charge is -2.13. The third-order valence-electron chi connectivity index (χ3n) is 4.86. The molecule has 0 unspecified atom stereocenters. The number of nitrogens with zero attached hydrogens (tertiary/aromatic N) is 3. The molecule has 0 spiro atoms. The Morgan fingerprint density at radius 3 is 2.55 bits per heavy atom. The van der Waals surface area contributed by atoms with Gasteiger partial charge in [0, 0.05) is 23.5 Å². The fraction of sp³-hybridized carbons (Fsp3) is 0.250. The Hall–Kier alpha value is -4.15. The van der Waals surface area contributed by atoms with E-state index in [1.807, 2.05) is 0 Å². The van der Waals surface area contributed by atoms with Gasteiger partial charge in [-0.25, -0.2) is 9.69 Å². The number of aromatic nitrogens is 1. The number of urea groups is 1. The summed E-state index contributed by atoms with van der Waals surface area (Å²) in [5, 5.41) is 13.7. The lowest BCUT2D eigenvalue weighted by atomic mass is 10.2. The SMILES string of the molecule is COC(=O)CN1C(=O)N/C(=C/c2cc(C)n(-c3cc([N+](=O)[O-])ccc3OC)c2C)C1=O. The zero-order valence-electron chi connectivity index (χ0n) is 17.3. The number of amides is 3. The van der Waals surface area contributed by atoms with Crippen LogP contribution in [0.1, 0.15) is 17.0 Å². The van der Waals surface area contributed by atoms with Crippen LogP contribution in [0.2, 0.25) is 0 Å². The summed E-state index contributed by atoms with van der Waals surface area (Å²) < 4.78 is 11.6. The molecule has 11 heteroatoms. The number of hydrogen-bond donors (Lipinski definition) is 1. The van der Waals surface area contributed by atoms with Crippen molar-refractivity contribution in [3.63, 3.8) is 0 Å². The molecule has 31 heavy (non-hydrogen) atoms. The molecule has 1 fully saturated rings. The third kappa shape index (κ3) is 3.97. The smallest absolute Gasteiger partial charge is 0.329 e. The molecule has 0 radical (unpaired) electrons. The Balaban J connectivity index is 2.03. The van der Waals surface area contributed by atoms with E-state index in [0.29, 0.717) is 22.7 Å². The molecule has 2 heterocycles. The van der Waals surface area contributed by atoms with Crippen molar-refractivity contribution in [3.8, 4) is 11.4 Å². The molecule has 1 aromatic heterocycles. The van der Waals surface area contributed by atoms with Crippen LogP contribution in [0.3, 0.4) is 0 Å². The molecule has 1 saturated heterocycles. The minimum atomic E-state index is -0.726. The molecule has 0 bridgehead atoms. The monoisotopic (exact) mass is 428 g/mol. The van der Waals surface area contributed by atoms with Crippen molar-refractivity contribution in [2.45, 2.75) is 13.8 Å². The van der Waals surface area contributed by atoms with Gasteiger partial charge in [0.1, 0.15) is 18.0 Å². The predicted octanol–water partition coefficient (Wildman–Crippen LogP) is 2.08. The number of ether oxygens (including phenoxy) is 2. The zero-order chi connectivity index (χ0) is 22.9. The predicted molar refractivity (Wildman–Crippen MR) is 109 cm³/mol. The first-order chi connectivity index (χ1) is 14.7. The second kappa shape index (κ2) is 8.30. The van der Waals surface area contributed by atoms with Crippen LogP contribution < -0.4 is 10.1 Å². The first kappa shape index (κ1) is 21.6. The van der Waals surface area contributed by atoms with Crippen molar-refractivity contribution in [2.24, 2.45) is 0 Å². The van der Waals surface area contributed by atoms with E-state index in [4.69, 9.17) is 4.74 Å². The number of imide groups is 1. The highest BCUT2D eigenvalue weighted by Gasteiger charge is 2.35. The number of benzene rings is 1. The Morgan fingerprint density at radius 2 is 1.94 bits per heavy atom. The van der Waals surface area contributed by atoms with Crippen molar-refractivity contribution in [3.05, 3.63) is 57.0 Å². The van der Waals surface area contributed by atoms with Crippen molar-refractivity contribution < 1.29 is 28.8 Å². The summed E-state index contributed by atoms with van der Waals surface area (Å²) in [7, 11) is 2.62. The minimum absolute atomic E-state index is 0.000148. The average molecular weight is 428 g/mol. The summed E-state index contributed by atoms with van der Waals surface area (Å²) in [6.45, 7) is 3.07. The Bertz CT molecular complexity index is 1130. The van der Waals surface area contributed by atoms with Crippen LogP contribution >= 0.6 is 0 Å². The number of nitro benzene ring substituents is 1. The van der Waals surface area contributed by atoms with Gasteiger partial charge in [-0.3, -0.25) is 19.7 Å². The number of aryl methyl sites for hydroxylation is 1. The van der Waals surface area contributed by atoms with Crippen LogP contribution in [-0.2, 0) is 14.3 Å². The normalized spacial score (nSPS) is 14.7. The van der Waals surface area contributed by atoms with Gasteiger partial charge in [0.2, 0.25) is 0 Å². The first-order valence-electron chi connectivity index (χ1n) is 9.11. The van der Waals surface area contributed by atoms with Gasteiger partial charge in [0.05, 0.1) is 24.8 Å². The maximum absolute atomic E-state index is 12.5. The average Bonchev–Trinajstić information content (AvgIpc) is 3.16. The van der Waals surface area contributed by atoms with Gasteiger partial charge in [-0.1, -0.05) is 0 Å². The highest BCUT2D eigenvalue weighted by Crippen LogP contribution is 2.32. The Morgan fingerprint density at radius 1 is 1.23 bits per heavy atom. The quantitative estimate of drug-likeness (QED) is 0.245. The molecule has 3 amide bonds. The van der Waals surface area contributed by atoms with E-state index in [1.54, 1.807) is 24.5 Å². The maximum Gasteiger partial charge on any atom is 0.329 e. The summed E-state index contributed by atoms with van der Waals surface area (Å²) >= 11 is 0. The largest absolute Gasteiger partial charge is 0.495 e. The van der Waals surface area contributed by atoms with E-state index in [-0.39, 0.29) is 11.4 Å². The number of carbonyl (C=O) groups is 3. The van der Waals surface area contributed by atoms with E-state index in [9.17, 15) is 24.5 Å². The molecule has 0 aliphatic carbocycles. The maximum atomic E-state index is 12.5. The Kier molecular flexibility index (Phi) is 5.77. The van der Waals surface area contributed by atoms with Gasteiger partial charge in [0.25, 0.3) is 11.6 Å². The highest BCUT2D eigenvalue weighted by molar-refractivity contribution is 6.15. The lowest BCUT2D eigenvalue weighted by Crippen LogP contribution is -2.36. The summed E-state index contributed by atoms with van der Waals surface area (Å²) in [5.41, 5.74) is 2.36. The molecule has 0 atom stereocenters. The number of nitro groups is 1. The highest BCUT2D eigenvalue weighted by atomic mass is 16.6. The van der Waals surface area contributed by atoms with E-state index >= 15 is 0 Å². The molecule has 2 aromatic rings. The summed E-state index contributed by atoms with van der Waals surface area (Å²) in [4.78, 5) is 47.5. The number of hydrogen-bond acceptors (Lipinski definition) is 7. The van der Waals surface area contributed by atoms with Crippen LogP contribution in [0, 0.1) is 24.0 Å². The number of esters is 1. The number of non-ortho nitro benzene ring substituents is 1. The van der Waals surface area contributed by atoms with Crippen LogP contribution in [0.4, 0.5) is 10.5 Å². The van der Waals surface area contributed by atoms with Crippen LogP contribution in [0.15, 0.2) is 30.0 Å². The molecule has 0 saturated carbocycles. The van der Waals surface area contributed by atoms with Crippen LogP contribution in [0.25, 0.3) is 11.8 Å². The van der Waals surface area contributed by atoms with Crippen molar-refractivity contribution in [1.82, 2.24) is 14.8 Å². The van der Waals surface area contributed by atoms with Crippen molar-refractivity contribution in [1.29, 1.82) is 0 Å². The number of rotatable bonds is 6. The second-order valence-electron chi connectivity index (χ2n) is 6.73. The molecule has 1 N–H and O–H groups in total. The van der Waals surface area contributed by atoms with E-state index in [1.165, 1.54) is 31.4 Å². The molecular formula is C20H20N4O7. The van der Waals surface area contributed by atoms with Crippen LogP contribution in [-0.4, -0.2) is 53.1 Å². The third-order valence-corrected chi connectivity index (χ3v) is 4.86. The molecule has 1 aliphatic rings. The van der Waals surface area contributed by atoms with Gasteiger partial charge < -0.3 is 19.4 Å². The topological polar surface area (TPSA) is 133 Å². The molecular weight excluding hydrogens is 408 g/mol. The fourth-order valence-corrected chi connectivity index (χ4v) is 3.34. The molecule has 1 aromatic carbocycles. The molecule has 11 nitrogen and oxygen atoms in total. The van der Waals surface area contributed by atoms with E-state index in [0.717, 1.165) is 17.7 Å². The first-order valence-corrected chi connectivity index (χ1v) is 9.11. The molecule has 3 rings (SSSR count). The molecule has 162 valence electrons.